The van der Waals surface area contributed by atoms with Crippen LogP contribution in [0, 0.1) is 17.6 Å². The molecule has 6 nitrogen and oxygen atoms in total. The van der Waals surface area contributed by atoms with Crippen LogP contribution in [-0.4, -0.2) is 27.5 Å². The van der Waals surface area contributed by atoms with Gasteiger partial charge in [0.15, 0.2) is 10.8 Å². The van der Waals surface area contributed by atoms with Gasteiger partial charge in [-0.05, 0) is 12.5 Å². The number of fused-ring (bicyclic) bond motifs is 2. The SMILES string of the molecule is NC1=N[C@@]2(c3ccc(F)cc3F)CO[C@@H](c3nc4cnccc4o3)CC2CS1. The molecular weight excluding hydrogens is 386 g/mol. The Morgan fingerprint density at radius 1 is 1.25 bits per heavy atom. The summed E-state index contributed by atoms with van der Waals surface area (Å²) in [6.45, 7) is 0.100. The second-order valence-electron chi connectivity index (χ2n) is 6.94. The standard InChI is InChI=1S/C19H16F2N4O2S/c20-11-1-2-12(13(21)6-11)19-9-26-16(5-10(19)8-28-18(22)25-19)17-24-14-7-23-4-3-15(14)27-17/h1-4,6-7,10,16H,5,8-9H2,(H2,22,25)/t10?,16-,19+/m1/s1. The molecule has 2 N–H and O–H groups in total. The van der Waals surface area contributed by atoms with E-state index < -0.39 is 17.2 Å². The van der Waals surface area contributed by atoms with Crippen LogP contribution in [0.15, 0.2) is 46.1 Å². The second kappa shape index (κ2) is 6.52. The highest BCUT2D eigenvalue weighted by Gasteiger charge is 2.50. The lowest BCUT2D eigenvalue weighted by atomic mass is 9.75. The number of halogens is 2. The number of amidine groups is 1. The van der Waals surface area contributed by atoms with Crippen molar-refractivity contribution in [3.8, 4) is 0 Å². The molecule has 144 valence electrons. The first-order valence-electron chi connectivity index (χ1n) is 8.81. The molecule has 28 heavy (non-hydrogen) atoms. The van der Waals surface area contributed by atoms with E-state index in [9.17, 15) is 8.78 Å². The fourth-order valence-electron chi connectivity index (χ4n) is 3.92. The number of nitrogens with zero attached hydrogens (tertiary/aromatic N) is 3. The predicted molar refractivity (Wildman–Crippen MR) is 101 cm³/mol. The van der Waals surface area contributed by atoms with Crippen molar-refractivity contribution in [1.29, 1.82) is 0 Å². The van der Waals surface area contributed by atoms with Gasteiger partial charge in [0.1, 0.15) is 28.8 Å². The number of oxazole rings is 1. The largest absolute Gasteiger partial charge is 0.438 e. The third-order valence-corrected chi connectivity index (χ3v) is 6.26. The number of pyridine rings is 1. The summed E-state index contributed by atoms with van der Waals surface area (Å²) in [6.07, 6.45) is 3.41. The fraction of sp³-hybridized carbons (Fsp3) is 0.316. The summed E-state index contributed by atoms with van der Waals surface area (Å²) in [5.41, 5.74) is 6.56. The molecule has 1 fully saturated rings. The van der Waals surface area contributed by atoms with Gasteiger partial charge in [0.25, 0.3) is 0 Å². The van der Waals surface area contributed by atoms with Gasteiger partial charge >= 0.3 is 0 Å². The predicted octanol–water partition coefficient (Wildman–Crippen LogP) is 3.54. The summed E-state index contributed by atoms with van der Waals surface area (Å²) in [6, 6.07) is 5.28. The van der Waals surface area contributed by atoms with Crippen LogP contribution in [0.2, 0.25) is 0 Å². The van der Waals surface area contributed by atoms with E-state index in [1.54, 1.807) is 18.5 Å². The lowest BCUT2D eigenvalue weighted by Crippen LogP contribution is -2.48. The molecule has 1 aromatic carbocycles. The maximum Gasteiger partial charge on any atom is 0.224 e. The summed E-state index contributed by atoms with van der Waals surface area (Å²) in [7, 11) is 0. The number of hydrogen-bond donors (Lipinski definition) is 1. The van der Waals surface area contributed by atoms with Gasteiger partial charge < -0.3 is 14.9 Å². The van der Waals surface area contributed by atoms with E-state index in [4.69, 9.17) is 14.9 Å². The van der Waals surface area contributed by atoms with Crippen LogP contribution in [0.25, 0.3) is 11.1 Å². The van der Waals surface area contributed by atoms with Crippen LogP contribution in [0.4, 0.5) is 8.78 Å². The zero-order valence-corrected chi connectivity index (χ0v) is 15.5. The highest BCUT2D eigenvalue weighted by molar-refractivity contribution is 8.13. The quantitative estimate of drug-likeness (QED) is 0.706. The normalized spacial score (nSPS) is 27.4. The van der Waals surface area contributed by atoms with Crippen molar-refractivity contribution in [1.82, 2.24) is 9.97 Å². The Kier molecular flexibility index (Phi) is 4.09. The minimum Gasteiger partial charge on any atom is -0.438 e. The Morgan fingerprint density at radius 3 is 2.96 bits per heavy atom. The van der Waals surface area contributed by atoms with Gasteiger partial charge in [-0.1, -0.05) is 17.8 Å². The van der Waals surface area contributed by atoms with Crippen molar-refractivity contribution in [3.63, 3.8) is 0 Å². The molecule has 5 rings (SSSR count). The summed E-state index contributed by atoms with van der Waals surface area (Å²) >= 11 is 1.42. The molecule has 4 heterocycles. The Labute approximate surface area is 163 Å². The first-order valence-corrected chi connectivity index (χ1v) is 9.79. The topological polar surface area (TPSA) is 86.5 Å². The molecule has 1 saturated heterocycles. The number of thioether (sulfide) groups is 1. The van der Waals surface area contributed by atoms with Crippen LogP contribution >= 0.6 is 11.8 Å². The van der Waals surface area contributed by atoms with Crippen molar-refractivity contribution in [2.24, 2.45) is 16.6 Å². The average Bonchev–Trinajstić information content (AvgIpc) is 3.11. The summed E-state index contributed by atoms with van der Waals surface area (Å²) in [5.74, 6) is -0.247. The minimum atomic E-state index is -0.989. The van der Waals surface area contributed by atoms with Crippen LogP contribution in [0.5, 0.6) is 0 Å². The highest BCUT2D eigenvalue weighted by Crippen LogP contribution is 2.49. The van der Waals surface area contributed by atoms with Gasteiger partial charge in [-0.15, -0.1) is 0 Å². The number of nitrogens with two attached hydrogens (primary N) is 1. The molecule has 2 aromatic heterocycles. The van der Waals surface area contributed by atoms with E-state index in [2.05, 4.69) is 15.0 Å². The van der Waals surface area contributed by atoms with Crippen molar-refractivity contribution in [3.05, 3.63) is 59.7 Å². The van der Waals surface area contributed by atoms with E-state index in [0.29, 0.717) is 39.9 Å². The van der Waals surface area contributed by atoms with Crippen molar-refractivity contribution < 1.29 is 17.9 Å². The van der Waals surface area contributed by atoms with Gasteiger partial charge in [-0.3, -0.25) is 4.98 Å². The van der Waals surface area contributed by atoms with E-state index in [1.807, 2.05) is 0 Å². The molecule has 3 atom stereocenters. The molecule has 0 spiro atoms. The number of benzene rings is 1. The first kappa shape index (κ1) is 17.6. The Bertz CT molecular complexity index is 1060. The minimum absolute atomic E-state index is 0.0725. The average molecular weight is 402 g/mol. The summed E-state index contributed by atoms with van der Waals surface area (Å²) in [4.78, 5) is 13.1. The second-order valence-corrected chi connectivity index (χ2v) is 7.98. The van der Waals surface area contributed by atoms with Crippen LogP contribution < -0.4 is 5.73 Å². The maximum atomic E-state index is 14.6. The van der Waals surface area contributed by atoms with E-state index in [-0.39, 0.29) is 18.6 Å². The van der Waals surface area contributed by atoms with Gasteiger partial charge in [-0.25, -0.2) is 18.8 Å². The number of rotatable bonds is 2. The van der Waals surface area contributed by atoms with Gasteiger partial charge in [0.05, 0.1) is 12.8 Å². The smallest absolute Gasteiger partial charge is 0.224 e. The number of ether oxygens (including phenoxy) is 1. The van der Waals surface area contributed by atoms with Crippen molar-refractivity contribution >= 4 is 28.0 Å². The van der Waals surface area contributed by atoms with Crippen LogP contribution in [0.1, 0.15) is 24.0 Å². The van der Waals surface area contributed by atoms with Crippen LogP contribution in [0.3, 0.4) is 0 Å². The monoisotopic (exact) mass is 402 g/mol. The molecule has 0 amide bonds. The molecule has 0 bridgehead atoms. The molecule has 2 aliphatic rings. The summed E-state index contributed by atoms with van der Waals surface area (Å²) < 4.78 is 39.9. The Balaban J connectivity index is 1.52. The van der Waals surface area contributed by atoms with Crippen molar-refractivity contribution in [2.75, 3.05) is 12.4 Å². The van der Waals surface area contributed by atoms with Gasteiger partial charge in [0, 0.05) is 35.6 Å². The molecule has 2 aliphatic heterocycles. The third-order valence-electron chi connectivity index (χ3n) is 5.30. The Morgan fingerprint density at radius 2 is 2.14 bits per heavy atom. The lowest BCUT2D eigenvalue weighted by molar-refractivity contribution is -0.0691. The zero-order chi connectivity index (χ0) is 19.3. The maximum absolute atomic E-state index is 14.6. The first-order chi connectivity index (χ1) is 13.5. The fourth-order valence-corrected chi connectivity index (χ4v) is 4.93. The number of hydrogen-bond acceptors (Lipinski definition) is 7. The number of aromatic nitrogens is 2. The molecule has 0 radical (unpaired) electrons. The molecule has 9 heteroatoms. The zero-order valence-electron chi connectivity index (χ0n) is 14.6. The molecular formula is C19H16F2N4O2S. The third kappa shape index (κ3) is 2.77. The van der Waals surface area contributed by atoms with Gasteiger partial charge in [0.2, 0.25) is 5.89 Å². The van der Waals surface area contributed by atoms with Crippen molar-refractivity contribution in [2.45, 2.75) is 18.1 Å². The lowest BCUT2D eigenvalue weighted by Gasteiger charge is -2.45. The van der Waals surface area contributed by atoms with E-state index >= 15 is 0 Å². The number of aliphatic imine (C=N–C) groups is 1. The molecule has 3 aromatic rings. The van der Waals surface area contributed by atoms with E-state index in [0.717, 1.165) is 6.07 Å². The molecule has 0 saturated carbocycles. The Hall–Kier alpha value is -2.52. The van der Waals surface area contributed by atoms with E-state index in [1.165, 1.54) is 23.9 Å². The molecule has 0 aliphatic carbocycles. The van der Waals surface area contributed by atoms with Gasteiger partial charge in [-0.2, -0.15) is 0 Å². The highest BCUT2D eigenvalue weighted by atomic mass is 32.2. The summed E-state index contributed by atoms with van der Waals surface area (Å²) in [5, 5.41) is 0.370. The van der Waals surface area contributed by atoms with Crippen LogP contribution in [-0.2, 0) is 10.3 Å². The molecule has 1 unspecified atom stereocenters.